The maximum Gasteiger partial charge on any atom is 0.416 e. The van der Waals surface area contributed by atoms with Gasteiger partial charge in [0, 0.05) is 41.3 Å². The summed E-state index contributed by atoms with van der Waals surface area (Å²) < 4.78 is 49.7. The number of nitrogen functional groups attached to an aromatic ring is 1. The topological polar surface area (TPSA) is 174 Å². The van der Waals surface area contributed by atoms with Gasteiger partial charge in [0.25, 0.3) is 5.91 Å². The molecule has 0 aliphatic heterocycles. The Bertz CT molecular complexity index is 1990. The number of pyridine rings is 2. The number of carbonyl (C=O) groups is 3. The van der Waals surface area contributed by atoms with E-state index >= 15 is 0 Å². The number of methoxy groups -OCH3 is 1. The van der Waals surface area contributed by atoms with Crippen molar-refractivity contribution >= 4 is 46.6 Å². The average molecular weight is 750 g/mol. The largest absolute Gasteiger partial charge is 0.469 e. The summed E-state index contributed by atoms with van der Waals surface area (Å²) in [7, 11) is 1.38. The number of fused-ring (bicyclic) bond motifs is 1. The first-order valence-electron chi connectivity index (χ1n) is 18.0. The Labute approximate surface area is 311 Å². The number of rotatable bonds is 12. The van der Waals surface area contributed by atoms with Crippen LogP contribution in [0.5, 0.6) is 0 Å². The molecule has 1 saturated carbocycles. The third-order valence-electron chi connectivity index (χ3n) is 9.10. The van der Waals surface area contributed by atoms with Crippen LogP contribution in [-0.4, -0.2) is 56.9 Å². The summed E-state index contributed by atoms with van der Waals surface area (Å²) in [5, 5.41) is 13.8. The van der Waals surface area contributed by atoms with Gasteiger partial charge in [-0.25, -0.2) is 14.8 Å². The Morgan fingerprint density at radius 1 is 1.06 bits per heavy atom. The smallest absolute Gasteiger partial charge is 0.416 e. The Morgan fingerprint density at radius 2 is 1.81 bits per heavy atom. The molecule has 3 aromatic heterocycles. The van der Waals surface area contributed by atoms with E-state index in [1.165, 1.54) is 19.2 Å². The van der Waals surface area contributed by atoms with E-state index in [0.717, 1.165) is 74.5 Å². The SMILES string of the molecule is COC(=O)CCCCC/C=C/c1c([C@@H]2CCC[C@@H](NC(=O)OC(C)(C)C)C2)nc(N)c2c(-c3ccc(C(=O)Nc4cc(C(F)(F)F)ccn4)cc3)n[nH]c12. The van der Waals surface area contributed by atoms with Gasteiger partial charge in [0.2, 0.25) is 0 Å². The van der Waals surface area contributed by atoms with Gasteiger partial charge in [-0.3, -0.25) is 14.7 Å². The summed E-state index contributed by atoms with van der Waals surface area (Å²) in [4.78, 5) is 45.8. The maximum atomic E-state index is 13.1. The van der Waals surface area contributed by atoms with Crippen LogP contribution in [0.15, 0.2) is 48.7 Å². The number of carbonyl (C=O) groups excluding carboxylic acids is 3. The van der Waals surface area contributed by atoms with Gasteiger partial charge in [-0.2, -0.15) is 18.3 Å². The molecule has 5 rings (SSSR count). The van der Waals surface area contributed by atoms with E-state index in [1.807, 2.05) is 26.8 Å². The van der Waals surface area contributed by atoms with Crippen LogP contribution in [0.2, 0.25) is 0 Å². The molecular weight excluding hydrogens is 703 g/mol. The van der Waals surface area contributed by atoms with E-state index in [2.05, 4.69) is 31.9 Å². The predicted molar refractivity (Wildman–Crippen MR) is 199 cm³/mol. The molecule has 12 nitrogen and oxygen atoms in total. The lowest BCUT2D eigenvalue weighted by Crippen LogP contribution is -2.41. The molecule has 2 atom stereocenters. The van der Waals surface area contributed by atoms with Crippen LogP contribution in [0, 0.1) is 0 Å². The summed E-state index contributed by atoms with van der Waals surface area (Å²) in [6, 6.07) is 7.92. The van der Waals surface area contributed by atoms with Crippen LogP contribution in [0.1, 0.15) is 112 Å². The Hall–Kier alpha value is -5.47. The lowest BCUT2D eigenvalue weighted by atomic mass is 9.81. The number of hydrogen-bond donors (Lipinski definition) is 4. The summed E-state index contributed by atoms with van der Waals surface area (Å²) in [5.74, 6) is -0.823. The molecule has 54 heavy (non-hydrogen) atoms. The van der Waals surface area contributed by atoms with Gasteiger partial charge in [0.1, 0.15) is 22.9 Å². The average Bonchev–Trinajstić information content (AvgIpc) is 3.57. The highest BCUT2D eigenvalue weighted by atomic mass is 19.4. The van der Waals surface area contributed by atoms with Crippen LogP contribution in [0.25, 0.3) is 28.2 Å². The van der Waals surface area contributed by atoms with Crippen LogP contribution < -0.4 is 16.4 Å². The van der Waals surface area contributed by atoms with Crippen molar-refractivity contribution in [3.05, 3.63) is 71.1 Å². The number of nitrogens with zero attached hydrogens (tertiary/aromatic N) is 3. The zero-order valence-corrected chi connectivity index (χ0v) is 30.8. The predicted octanol–water partition coefficient (Wildman–Crippen LogP) is 8.56. The third kappa shape index (κ3) is 10.4. The summed E-state index contributed by atoms with van der Waals surface area (Å²) in [6.45, 7) is 5.46. The van der Waals surface area contributed by atoms with Gasteiger partial charge in [-0.15, -0.1) is 0 Å². The number of hydrogen-bond acceptors (Lipinski definition) is 9. The van der Waals surface area contributed by atoms with Crippen molar-refractivity contribution in [1.82, 2.24) is 25.5 Å². The molecule has 1 aliphatic rings. The van der Waals surface area contributed by atoms with Crippen LogP contribution in [0.4, 0.5) is 29.6 Å². The molecule has 1 fully saturated rings. The molecule has 0 saturated heterocycles. The highest BCUT2D eigenvalue weighted by Gasteiger charge is 2.32. The number of halogens is 3. The summed E-state index contributed by atoms with van der Waals surface area (Å²) in [5.41, 5.74) is 8.80. The van der Waals surface area contributed by atoms with Crippen molar-refractivity contribution in [2.45, 2.75) is 102 Å². The molecular formula is C39H46F3N7O5. The third-order valence-corrected chi connectivity index (χ3v) is 9.10. The van der Waals surface area contributed by atoms with Crippen molar-refractivity contribution in [2.75, 3.05) is 18.2 Å². The van der Waals surface area contributed by atoms with E-state index in [0.29, 0.717) is 35.0 Å². The number of amides is 2. The second-order valence-corrected chi connectivity index (χ2v) is 14.4. The lowest BCUT2D eigenvalue weighted by molar-refractivity contribution is -0.140. The fourth-order valence-corrected chi connectivity index (χ4v) is 6.55. The number of alkyl halides is 3. The van der Waals surface area contributed by atoms with Crippen molar-refractivity contribution in [2.24, 2.45) is 0 Å². The minimum absolute atomic E-state index is 0.0130. The zero-order valence-electron chi connectivity index (χ0n) is 30.8. The number of H-pyrrole nitrogens is 1. The molecule has 2 amide bonds. The number of aromatic nitrogens is 4. The molecule has 15 heteroatoms. The highest BCUT2D eigenvalue weighted by molar-refractivity contribution is 6.06. The minimum atomic E-state index is -4.58. The van der Waals surface area contributed by atoms with Gasteiger partial charge in [0.15, 0.2) is 0 Å². The molecule has 4 aromatic rings. The minimum Gasteiger partial charge on any atom is -0.469 e. The number of benzene rings is 1. The number of ether oxygens (including phenoxy) is 2. The first kappa shape index (κ1) is 39.7. The molecule has 0 bridgehead atoms. The summed E-state index contributed by atoms with van der Waals surface area (Å²) >= 11 is 0. The standard InChI is InChI=1S/C39H46F3N7O5/c1-38(2,3)54-37(52)45-27-12-10-11-25(21-27)32-28(13-8-6-5-7-9-14-30(50)53-4)34-31(35(43)47-32)33(48-49-34)23-15-17-24(18-16-23)36(51)46-29-22-26(19-20-44-29)39(40,41)42/h8,13,15-20,22,25,27H,5-7,9-12,14,21H2,1-4H3,(H2,43,47)(H,45,52)(H,48,49)(H,44,46,51)/b13-8+/t25-,27-/m1/s1. The fourth-order valence-electron chi connectivity index (χ4n) is 6.55. The molecule has 1 aromatic carbocycles. The molecule has 1 aliphatic carbocycles. The molecule has 0 spiro atoms. The number of esters is 1. The normalized spacial score (nSPS) is 16.4. The van der Waals surface area contributed by atoms with Crippen LogP contribution >= 0.6 is 0 Å². The van der Waals surface area contributed by atoms with E-state index < -0.39 is 29.3 Å². The van der Waals surface area contributed by atoms with E-state index in [-0.39, 0.29) is 35.1 Å². The van der Waals surface area contributed by atoms with E-state index in [1.54, 1.807) is 12.1 Å². The van der Waals surface area contributed by atoms with Gasteiger partial charge in [-0.1, -0.05) is 37.1 Å². The Morgan fingerprint density at radius 3 is 2.52 bits per heavy atom. The number of anilines is 2. The molecule has 3 heterocycles. The van der Waals surface area contributed by atoms with Gasteiger partial charge < -0.3 is 25.8 Å². The molecule has 288 valence electrons. The monoisotopic (exact) mass is 749 g/mol. The molecule has 0 radical (unpaired) electrons. The first-order chi connectivity index (χ1) is 25.6. The Kier molecular flexibility index (Phi) is 12.6. The quantitative estimate of drug-likeness (QED) is 0.0817. The van der Waals surface area contributed by atoms with Crippen molar-refractivity contribution in [1.29, 1.82) is 0 Å². The van der Waals surface area contributed by atoms with E-state index in [4.69, 9.17) is 20.2 Å². The molecule has 5 N–H and O–H groups in total. The number of alkyl carbamates (subject to hydrolysis) is 1. The second kappa shape index (κ2) is 17.1. The van der Waals surface area contributed by atoms with Crippen molar-refractivity contribution in [3.63, 3.8) is 0 Å². The van der Waals surface area contributed by atoms with Crippen molar-refractivity contribution in [3.8, 4) is 11.3 Å². The number of aromatic amines is 1. The highest BCUT2D eigenvalue weighted by Crippen LogP contribution is 2.40. The first-order valence-corrected chi connectivity index (χ1v) is 18.0. The lowest BCUT2D eigenvalue weighted by Gasteiger charge is -2.31. The number of nitrogens with two attached hydrogens (primary N) is 1. The van der Waals surface area contributed by atoms with Gasteiger partial charge in [0.05, 0.1) is 29.3 Å². The number of nitrogens with one attached hydrogen (secondary N) is 3. The zero-order chi connectivity index (χ0) is 39.0. The van der Waals surface area contributed by atoms with Crippen LogP contribution in [-0.2, 0) is 20.4 Å². The fraction of sp³-hybridized carbons (Fsp3) is 0.436. The second-order valence-electron chi connectivity index (χ2n) is 14.4. The van der Waals surface area contributed by atoms with Crippen molar-refractivity contribution < 1.29 is 37.0 Å². The molecule has 0 unspecified atom stereocenters. The van der Waals surface area contributed by atoms with E-state index in [9.17, 15) is 27.6 Å². The number of allylic oxidation sites excluding steroid dienone is 1. The Balaban J connectivity index is 1.40. The van der Waals surface area contributed by atoms with Gasteiger partial charge >= 0.3 is 18.2 Å². The van der Waals surface area contributed by atoms with Crippen LogP contribution in [0.3, 0.4) is 0 Å². The van der Waals surface area contributed by atoms with Gasteiger partial charge in [-0.05, 0) is 83.6 Å². The summed E-state index contributed by atoms with van der Waals surface area (Å²) in [6.07, 6.45) is 6.82. The number of unbranched alkanes of at least 4 members (excludes halogenated alkanes) is 3. The maximum absolute atomic E-state index is 13.1.